The van der Waals surface area contributed by atoms with Crippen LogP contribution in [-0.4, -0.2) is 27.1 Å². The van der Waals surface area contributed by atoms with Crippen LogP contribution in [0.15, 0.2) is 72.9 Å². The highest BCUT2D eigenvalue weighted by Gasteiger charge is 2.18. The van der Waals surface area contributed by atoms with Crippen LogP contribution in [0.25, 0.3) is 0 Å². The molecule has 0 saturated carbocycles. The van der Waals surface area contributed by atoms with E-state index in [-0.39, 0.29) is 18.8 Å². The fourth-order valence-corrected chi connectivity index (χ4v) is 3.09. The number of carboxylic acid groups (broad SMARTS) is 2. The van der Waals surface area contributed by atoms with Gasteiger partial charge in [0.1, 0.15) is 0 Å². The number of aliphatic carboxylic acids is 2. The molecule has 0 bridgehead atoms. The molecule has 0 aliphatic heterocycles. The van der Waals surface area contributed by atoms with Crippen molar-refractivity contribution in [1.29, 1.82) is 0 Å². The fraction of sp³-hybridized carbons (Fsp3) is 0.136. The molecule has 3 rings (SSSR count). The van der Waals surface area contributed by atoms with Gasteiger partial charge in [0.15, 0.2) is 0 Å². The Hall–Kier alpha value is -3.47. The molecule has 0 radical (unpaired) electrons. The zero-order valence-electron chi connectivity index (χ0n) is 14.6. The van der Waals surface area contributed by atoms with Crippen molar-refractivity contribution < 1.29 is 19.8 Å². The lowest BCUT2D eigenvalue weighted by molar-refractivity contribution is -0.137. The smallest absolute Gasteiger partial charge is 0.307 e. The molecule has 0 spiro atoms. The van der Waals surface area contributed by atoms with E-state index in [1.807, 2.05) is 66.7 Å². The number of aromatic nitrogens is 1. The number of carboxylic acids is 2. The van der Waals surface area contributed by atoms with Crippen LogP contribution in [0, 0.1) is 0 Å². The molecular weight excluding hydrogens is 342 g/mol. The molecular formula is C22H19NO4. The number of rotatable bonds is 7. The Kier molecular flexibility index (Phi) is 5.61. The molecule has 0 saturated heterocycles. The Balaban J connectivity index is 1.97. The third kappa shape index (κ3) is 4.79. The molecule has 136 valence electrons. The summed E-state index contributed by atoms with van der Waals surface area (Å²) in [6.45, 7) is 0. The van der Waals surface area contributed by atoms with E-state index >= 15 is 0 Å². The van der Waals surface area contributed by atoms with E-state index in [0.717, 1.165) is 27.9 Å². The average Bonchev–Trinajstić information content (AvgIpc) is 2.65. The van der Waals surface area contributed by atoms with E-state index in [0.29, 0.717) is 0 Å². The average molecular weight is 361 g/mol. The third-order valence-electron chi connectivity index (χ3n) is 4.32. The SMILES string of the molecule is O=C(O)Cc1ccc(C(c2ccc(CC(=O)O)cc2)c2ccccn2)cc1. The van der Waals surface area contributed by atoms with E-state index in [9.17, 15) is 9.59 Å². The highest BCUT2D eigenvalue weighted by Crippen LogP contribution is 2.31. The van der Waals surface area contributed by atoms with Gasteiger partial charge in [0.05, 0.1) is 24.5 Å². The molecule has 1 heterocycles. The minimum Gasteiger partial charge on any atom is -0.481 e. The molecule has 0 amide bonds. The van der Waals surface area contributed by atoms with Gasteiger partial charge in [0.25, 0.3) is 0 Å². The van der Waals surface area contributed by atoms with E-state index < -0.39 is 11.9 Å². The summed E-state index contributed by atoms with van der Waals surface area (Å²) < 4.78 is 0. The second kappa shape index (κ2) is 8.27. The molecule has 2 N–H and O–H groups in total. The predicted molar refractivity (Wildman–Crippen MR) is 101 cm³/mol. The van der Waals surface area contributed by atoms with E-state index in [4.69, 9.17) is 10.2 Å². The Morgan fingerprint density at radius 3 is 1.59 bits per heavy atom. The van der Waals surface area contributed by atoms with Crippen LogP contribution in [0.1, 0.15) is 33.9 Å². The quantitative estimate of drug-likeness (QED) is 0.672. The van der Waals surface area contributed by atoms with Gasteiger partial charge >= 0.3 is 11.9 Å². The summed E-state index contributed by atoms with van der Waals surface area (Å²) in [6.07, 6.45) is 1.71. The van der Waals surface area contributed by atoms with E-state index in [2.05, 4.69) is 4.98 Å². The highest BCUT2D eigenvalue weighted by molar-refractivity contribution is 5.70. The van der Waals surface area contributed by atoms with Gasteiger partial charge in [-0.3, -0.25) is 14.6 Å². The zero-order valence-corrected chi connectivity index (χ0v) is 14.6. The van der Waals surface area contributed by atoms with Crippen LogP contribution in [0.5, 0.6) is 0 Å². The molecule has 3 aromatic rings. The van der Waals surface area contributed by atoms with Gasteiger partial charge in [-0.2, -0.15) is 0 Å². The summed E-state index contributed by atoms with van der Waals surface area (Å²) in [5.41, 5.74) is 4.34. The Bertz CT molecular complexity index is 859. The first-order chi connectivity index (χ1) is 13.0. The lowest BCUT2D eigenvalue weighted by Gasteiger charge is -2.18. The van der Waals surface area contributed by atoms with Crippen LogP contribution in [0.4, 0.5) is 0 Å². The highest BCUT2D eigenvalue weighted by atomic mass is 16.4. The van der Waals surface area contributed by atoms with Crippen molar-refractivity contribution in [2.45, 2.75) is 18.8 Å². The summed E-state index contributed by atoms with van der Waals surface area (Å²) in [5.74, 6) is -1.85. The summed E-state index contributed by atoms with van der Waals surface area (Å²) in [5, 5.41) is 17.9. The van der Waals surface area contributed by atoms with Crippen LogP contribution in [-0.2, 0) is 22.4 Å². The number of nitrogens with zero attached hydrogens (tertiary/aromatic N) is 1. The van der Waals surface area contributed by atoms with Crippen molar-refractivity contribution in [3.63, 3.8) is 0 Å². The van der Waals surface area contributed by atoms with Crippen LogP contribution < -0.4 is 0 Å². The summed E-state index contributed by atoms with van der Waals surface area (Å²) in [6, 6.07) is 20.7. The lowest BCUT2D eigenvalue weighted by atomic mass is 9.87. The molecule has 0 aliphatic carbocycles. The van der Waals surface area contributed by atoms with Crippen LogP contribution >= 0.6 is 0 Å². The van der Waals surface area contributed by atoms with Crippen molar-refractivity contribution >= 4 is 11.9 Å². The Morgan fingerprint density at radius 1 is 0.741 bits per heavy atom. The normalized spacial score (nSPS) is 10.7. The largest absolute Gasteiger partial charge is 0.481 e. The van der Waals surface area contributed by atoms with Crippen LogP contribution in [0.3, 0.4) is 0 Å². The standard InChI is InChI=1S/C22H19NO4/c24-20(25)13-15-4-8-17(9-5-15)22(19-3-1-2-12-23-19)18-10-6-16(7-11-18)14-21(26)27/h1-12,22H,13-14H2,(H,24,25)(H,26,27). The number of hydrogen-bond acceptors (Lipinski definition) is 3. The molecule has 0 unspecified atom stereocenters. The van der Waals surface area contributed by atoms with Gasteiger partial charge in [-0.15, -0.1) is 0 Å². The monoisotopic (exact) mass is 361 g/mol. The second-order valence-electron chi connectivity index (χ2n) is 6.31. The number of carbonyl (C=O) groups is 2. The molecule has 0 aliphatic rings. The van der Waals surface area contributed by atoms with Gasteiger partial charge in [0, 0.05) is 6.20 Å². The van der Waals surface area contributed by atoms with Gasteiger partial charge in [-0.1, -0.05) is 54.6 Å². The van der Waals surface area contributed by atoms with Crippen molar-refractivity contribution in [2.24, 2.45) is 0 Å². The van der Waals surface area contributed by atoms with Gasteiger partial charge < -0.3 is 10.2 Å². The van der Waals surface area contributed by atoms with Gasteiger partial charge in [0.2, 0.25) is 0 Å². The minimum absolute atomic E-state index is 0.0155. The van der Waals surface area contributed by atoms with Crippen LogP contribution in [0.2, 0.25) is 0 Å². The number of hydrogen-bond donors (Lipinski definition) is 2. The maximum atomic E-state index is 10.9. The molecule has 5 nitrogen and oxygen atoms in total. The third-order valence-corrected chi connectivity index (χ3v) is 4.32. The summed E-state index contributed by atoms with van der Waals surface area (Å²) >= 11 is 0. The first-order valence-electron chi connectivity index (χ1n) is 8.55. The van der Waals surface area contributed by atoms with Gasteiger partial charge in [-0.25, -0.2) is 0 Å². The molecule has 2 aromatic carbocycles. The summed E-state index contributed by atoms with van der Waals surface area (Å²) in [7, 11) is 0. The van der Waals surface area contributed by atoms with Gasteiger partial charge in [-0.05, 0) is 34.4 Å². The van der Waals surface area contributed by atoms with Crippen molar-refractivity contribution in [3.05, 3.63) is 101 Å². The first-order valence-corrected chi connectivity index (χ1v) is 8.55. The fourth-order valence-electron chi connectivity index (χ4n) is 3.09. The summed E-state index contributed by atoms with van der Waals surface area (Å²) in [4.78, 5) is 26.3. The number of pyridine rings is 1. The Morgan fingerprint density at radius 2 is 1.22 bits per heavy atom. The molecule has 0 atom stereocenters. The second-order valence-corrected chi connectivity index (χ2v) is 6.31. The predicted octanol–water partition coefficient (Wildman–Crippen LogP) is 3.52. The van der Waals surface area contributed by atoms with E-state index in [1.165, 1.54) is 0 Å². The van der Waals surface area contributed by atoms with E-state index in [1.54, 1.807) is 6.20 Å². The molecule has 27 heavy (non-hydrogen) atoms. The molecule has 5 heteroatoms. The minimum atomic E-state index is -0.863. The molecule has 1 aromatic heterocycles. The Labute approximate surface area is 157 Å². The topological polar surface area (TPSA) is 87.5 Å². The maximum Gasteiger partial charge on any atom is 0.307 e. The zero-order chi connectivity index (χ0) is 19.2. The maximum absolute atomic E-state index is 10.9. The van der Waals surface area contributed by atoms with Crippen molar-refractivity contribution in [1.82, 2.24) is 4.98 Å². The first kappa shape index (κ1) is 18.3. The number of benzene rings is 2. The van der Waals surface area contributed by atoms with Crippen molar-refractivity contribution in [2.75, 3.05) is 0 Å². The lowest BCUT2D eigenvalue weighted by Crippen LogP contribution is -2.07. The molecule has 0 fully saturated rings. The van der Waals surface area contributed by atoms with Crippen molar-refractivity contribution in [3.8, 4) is 0 Å².